The van der Waals surface area contributed by atoms with E-state index in [4.69, 9.17) is 4.98 Å². The summed E-state index contributed by atoms with van der Waals surface area (Å²) in [6.07, 6.45) is 5.86. The molecular weight excluding hydrogens is 491 g/mol. The van der Waals surface area contributed by atoms with Crippen LogP contribution >= 0.6 is 22.7 Å². The third-order valence-electron chi connectivity index (χ3n) is 8.10. The van der Waals surface area contributed by atoms with E-state index in [1.807, 2.05) is 41.3 Å². The van der Waals surface area contributed by atoms with Gasteiger partial charge in [0.1, 0.15) is 5.00 Å². The SMILES string of the molecule is c1ccc2c3c(sc2c1)B1N(c2ccc4ncccc4c2-3)c2sc3cccc4c3c2N1c1ccncc1-4. The van der Waals surface area contributed by atoms with Crippen LogP contribution < -0.4 is 14.4 Å². The van der Waals surface area contributed by atoms with Crippen molar-refractivity contribution in [3.05, 3.63) is 91.4 Å². The highest BCUT2D eigenvalue weighted by Crippen LogP contribution is 2.63. The zero-order valence-electron chi connectivity index (χ0n) is 19.3. The lowest BCUT2D eigenvalue weighted by Crippen LogP contribution is -2.54. The highest BCUT2D eigenvalue weighted by Gasteiger charge is 2.53. The Morgan fingerprint density at radius 3 is 2.59 bits per heavy atom. The van der Waals surface area contributed by atoms with Crippen LogP contribution in [0.15, 0.2) is 91.4 Å². The van der Waals surface area contributed by atoms with Gasteiger partial charge >= 0.3 is 6.98 Å². The molecular formula is C30H15BN4S2. The molecule has 7 aromatic rings. The van der Waals surface area contributed by atoms with Gasteiger partial charge in [0.05, 0.1) is 11.2 Å². The number of rotatable bonds is 0. The molecule has 4 nitrogen and oxygen atoms in total. The molecule has 10 rings (SSSR count). The summed E-state index contributed by atoms with van der Waals surface area (Å²) in [7, 11) is 0. The zero-order valence-corrected chi connectivity index (χ0v) is 21.0. The van der Waals surface area contributed by atoms with Crippen LogP contribution in [0, 0.1) is 0 Å². The second kappa shape index (κ2) is 6.38. The van der Waals surface area contributed by atoms with Crippen molar-refractivity contribution in [3.63, 3.8) is 0 Å². The van der Waals surface area contributed by atoms with Gasteiger partial charge in [-0.25, -0.2) is 0 Å². The molecule has 0 N–H and O–H groups in total. The first kappa shape index (κ1) is 19.0. The zero-order chi connectivity index (χ0) is 23.8. The molecule has 0 fully saturated rings. The molecule has 0 atom stereocenters. The first-order chi connectivity index (χ1) is 18.4. The summed E-state index contributed by atoms with van der Waals surface area (Å²) in [6, 6.07) is 26.5. The lowest BCUT2D eigenvalue weighted by Gasteiger charge is -2.37. The first-order valence-electron chi connectivity index (χ1n) is 12.4. The Bertz CT molecular complexity index is 2150. The Kier molecular flexibility index (Phi) is 3.27. The van der Waals surface area contributed by atoms with Gasteiger partial charge < -0.3 is 9.62 Å². The molecule has 0 radical (unpaired) electrons. The predicted octanol–water partition coefficient (Wildman–Crippen LogP) is 7.71. The summed E-state index contributed by atoms with van der Waals surface area (Å²) in [6.45, 7) is 0.0641. The molecule has 4 aromatic heterocycles. The molecule has 0 spiro atoms. The van der Waals surface area contributed by atoms with Gasteiger partial charge in [-0.3, -0.25) is 9.97 Å². The Hall–Kier alpha value is -4.20. The maximum absolute atomic E-state index is 4.73. The van der Waals surface area contributed by atoms with E-state index in [0.717, 1.165) is 5.52 Å². The number of thiophene rings is 2. The van der Waals surface area contributed by atoms with Crippen molar-refractivity contribution in [2.45, 2.75) is 0 Å². The van der Waals surface area contributed by atoms with Crippen LogP contribution in [0.1, 0.15) is 0 Å². The molecule has 37 heavy (non-hydrogen) atoms. The molecule has 0 bridgehead atoms. The Labute approximate surface area is 220 Å². The molecule has 3 aliphatic rings. The highest BCUT2D eigenvalue weighted by atomic mass is 32.1. The third kappa shape index (κ3) is 2.11. The van der Waals surface area contributed by atoms with E-state index in [1.54, 1.807) is 0 Å². The lowest BCUT2D eigenvalue weighted by molar-refractivity contribution is 1.29. The summed E-state index contributed by atoms with van der Waals surface area (Å²) >= 11 is 3.83. The van der Waals surface area contributed by atoms with Gasteiger partial charge in [-0.2, -0.15) is 0 Å². The maximum atomic E-state index is 4.73. The monoisotopic (exact) mass is 506 g/mol. The average molecular weight is 506 g/mol. The minimum absolute atomic E-state index is 0.0641. The Morgan fingerprint density at radius 1 is 0.676 bits per heavy atom. The second-order valence-electron chi connectivity index (χ2n) is 9.81. The summed E-state index contributed by atoms with van der Waals surface area (Å²) in [4.78, 5) is 14.5. The molecule has 0 aliphatic carbocycles. The third-order valence-corrected chi connectivity index (χ3v) is 10.5. The largest absolute Gasteiger partial charge is 0.432 e. The normalized spacial score (nSPS) is 14.3. The molecule has 0 amide bonds. The van der Waals surface area contributed by atoms with Crippen LogP contribution in [0.25, 0.3) is 53.3 Å². The Morgan fingerprint density at radius 2 is 1.59 bits per heavy atom. The summed E-state index contributed by atoms with van der Waals surface area (Å²) in [5.74, 6) is 0. The van der Waals surface area contributed by atoms with Gasteiger partial charge in [0.25, 0.3) is 0 Å². The molecule has 7 heterocycles. The number of benzene rings is 3. The van der Waals surface area contributed by atoms with Crippen molar-refractivity contribution >= 4 is 87.6 Å². The fourth-order valence-electron chi connectivity index (χ4n) is 6.72. The average Bonchev–Trinajstić information content (AvgIpc) is 3.62. The van der Waals surface area contributed by atoms with Crippen LogP contribution in [0.2, 0.25) is 0 Å². The molecule has 7 heteroatoms. The van der Waals surface area contributed by atoms with Crippen LogP contribution in [-0.2, 0) is 0 Å². The van der Waals surface area contributed by atoms with Crippen molar-refractivity contribution in [1.82, 2.24) is 9.97 Å². The van der Waals surface area contributed by atoms with Crippen LogP contribution in [-0.4, -0.2) is 17.0 Å². The number of aromatic nitrogens is 2. The number of hydrogen-bond acceptors (Lipinski definition) is 6. The minimum atomic E-state index is 0.0641. The van der Waals surface area contributed by atoms with Gasteiger partial charge in [0.2, 0.25) is 0 Å². The topological polar surface area (TPSA) is 32.3 Å². The van der Waals surface area contributed by atoms with Gasteiger partial charge in [-0.05, 0) is 47.3 Å². The molecule has 0 unspecified atom stereocenters. The predicted molar refractivity (Wildman–Crippen MR) is 157 cm³/mol. The van der Waals surface area contributed by atoms with Crippen molar-refractivity contribution in [1.29, 1.82) is 0 Å². The van der Waals surface area contributed by atoms with Gasteiger partial charge in [-0.15, -0.1) is 22.7 Å². The maximum Gasteiger partial charge on any atom is 0.432 e. The number of anilines is 4. The highest BCUT2D eigenvalue weighted by molar-refractivity contribution is 7.32. The number of nitrogens with zero attached hydrogens (tertiary/aromatic N) is 4. The van der Waals surface area contributed by atoms with Crippen molar-refractivity contribution in [2.24, 2.45) is 0 Å². The number of fused-ring (bicyclic) bond motifs is 15. The Balaban J connectivity index is 1.42. The fraction of sp³-hybridized carbons (Fsp3) is 0. The molecule has 3 aromatic carbocycles. The summed E-state index contributed by atoms with van der Waals surface area (Å²) in [5.41, 5.74) is 10.0. The second-order valence-corrected chi connectivity index (χ2v) is 11.9. The molecule has 170 valence electrons. The molecule has 3 aliphatic heterocycles. The van der Waals surface area contributed by atoms with Crippen molar-refractivity contribution in [2.75, 3.05) is 9.62 Å². The quantitative estimate of drug-likeness (QED) is 0.197. The van der Waals surface area contributed by atoms with Crippen LogP contribution in [0.4, 0.5) is 22.1 Å². The van der Waals surface area contributed by atoms with Crippen molar-refractivity contribution in [3.8, 4) is 22.3 Å². The number of hydrogen-bond donors (Lipinski definition) is 0. The van der Waals surface area contributed by atoms with E-state index >= 15 is 0 Å². The lowest BCUT2D eigenvalue weighted by atomic mass is 9.64. The van der Waals surface area contributed by atoms with E-state index in [9.17, 15) is 0 Å². The fourth-order valence-corrected chi connectivity index (χ4v) is 9.27. The number of pyridine rings is 2. The molecule has 0 saturated heterocycles. The van der Waals surface area contributed by atoms with Crippen LogP contribution in [0.5, 0.6) is 0 Å². The minimum Gasteiger partial charge on any atom is -0.357 e. The van der Waals surface area contributed by atoms with Crippen LogP contribution in [0.3, 0.4) is 0 Å². The summed E-state index contributed by atoms with van der Waals surface area (Å²) in [5, 5.41) is 5.21. The van der Waals surface area contributed by atoms with Gasteiger partial charge in [0, 0.05) is 71.6 Å². The molecule has 0 saturated carbocycles. The smallest absolute Gasteiger partial charge is 0.357 e. The van der Waals surface area contributed by atoms with E-state index in [2.05, 4.69) is 87.4 Å². The van der Waals surface area contributed by atoms with Crippen molar-refractivity contribution < 1.29 is 0 Å². The van der Waals surface area contributed by atoms with E-state index in [-0.39, 0.29) is 6.98 Å². The van der Waals surface area contributed by atoms with E-state index < -0.39 is 0 Å². The van der Waals surface area contributed by atoms with E-state index in [1.165, 1.54) is 74.7 Å². The van der Waals surface area contributed by atoms with Gasteiger partial charge in [-0.1, -0.05) is 36.4 Å². The van der Waals surface area contributed by atoms with E-state index in [0.29, 0.717) is 0 Å². The summed E-state index contributed by atoms with van der Waals surface area (Å²) < 4.78 is 4.05. The van der Waals surface area contributed by atoms with Gasteiger partial charge in [0.15, 0.2) is 0 Å². The first-order valence-corrected chi connectivity index (χ1v) is 14.0. The standard InChI is InChI=1S/C30H15BN4S2/c1-2-8-23-18(5-1)27-25-17-7-4-13-33-20(17)10-11-22(25)35-30-28-26-16(6-3-9-24(26)37-30)19-15-32-14-12-21(19)34(28)31(35)29(27)36-23/h1-15H.